The lowest BCUT2D eigenvalue weighted by Gasteiger charge is -2.10. The number of hydrogen-bond donors (Lipinski definition) is 1. The van der Waals surface area contributed by atoms with Crippen LogP contribution in [0.2, 0.25) is 0 Å². The Labute approximate surface area is 120 Å². The van der Waals surface area contributed by atoms with Gasteiger partial charge in [-0.05, 0) is 39.7 Å². The largest absolute Gasteiger partial charge is 0.383 e. The van der Waals surface area contributed by atoms with Crippen molar-refractivity contribution in [3.8, 4) is 0 Å². The van der Waals surface area contributed by atoms with Gasteiger partial charge in [-0.25, -0.2) is 9.97 Å². The molecule has 0 bridgehead atoms. The lowest BCUT2D eigenvalue weighted by molar-refractivity contribution is 0.629. The molecule has 5 heteroatoms. The maximum atomic E-state index is 5.93. The average Bonchev–Trinajstić information content (AvgIpc) is 2.77. The van der Waals surface area contributed by atoms with Crippen LogP contribution in [0.4, 0.5) is 5.82 Å². The van der Waals surface area contributed by atoms with Gasteiger partial charge in [0.15, 0.2) is 0 Å². The Hall–Kier alpha value is -0.940. The third-order valence-electron chi connectivity index (χ3n) is 2.51. The van der Waals surface area contributed by atoms with Crippen molar-refractivity contribution in [1.82, 2.24) is 9.97 Å². The second-order valence-corrected chi connectivity index (χ2v) is 6.47. The molecule has 0 aliphatic heterocycles. The van der Waals surface area contributed by atoms with E-state index in [1.54, 1.807) is 11.3 Å². The number of hydrogen-bond acceptors (Lipinski definition) is 4. The molecule has 18 heavy (non-hydrogen) atoms. The minimum Gasteiger partial charge on any atom is -0.383 e. The zero-order valence-corrected chi connectivity index (χ0v) is 12.9. The van der Waals surface area contributed by atoms with Crippen LogP contribution < -0.4 is 5.73 Å². The minimum atomic E-state index is 0.534. The summed E-state index contributed by atoms with van der Waals surface area (Å²) < 4.78 is 0.839. The van der Waals surface area contributed by atoms with E-state index in [2.05, 4.69) is 51.2 Å². The van der Waals surface area contributed by atoms with E-state index in [4.69, 9.17) is 5.73 Å². The van der Waals surface area contributed by atoms with Gasteiger partial charge in [0, 0.05) is 11.3 Å². The van der Waals surface area contributed by atoms with Gasteiger partial charge in [-0.15, -0.1) is 11.3 Å². The zero-order valence-electron chi connectivity index (χ0n) is 10.5. The number of thiophene rings is 1. The van der Waals surface area contributed by atoms with E-state index in [-0.39, 0.29) is 0 Å². The quantitative estimate of drug-likeness (QED) is 0.933. The first-order chi connectivity index (χ1) is 8.56. The molecule has 2 heterocycles. The van der Waals surface area contributed by atoms with E-state index in [0.717, 1.165) is 28.8 Å². The van der Waals surface area contributed by atoms with Crippen molar-refractivity contribution in [3.05, 3.63) is 38.4 Å². The maximum absolute atomic E-state index is 5.93. The Morgan fingerprint density at radius 3 is 2.78 bits per heavy atom. The SMILES string of the molecule is CC(C)Cc1nc(Cc2cccs2)nc(N)c1Br. The fourth-order valence-electron chi connectivity index (χ4n) is 1.74. The number of nitrogens with zero attached hydrogens (tertiary/aromatic N) is 2. The summed E-state index contributed by atoms with van der Waals surface area (Å²) in [5.41, 5.74) is 6.94. The molecule has 0 aliphatic carbocycles. The molecule has 2 aromatic rings. The van der Waals surface area contributed by atoms with Gasteiger partial charge in [-0.1, -0.05) is 19.9 Å². The number of nitrogen functional groups attached to an aromatic ring is 1. The normalized spacial score (nSPS) is 11.1. The van der Waals surface area contributed by atoms with Crippen LogP contribution in [0.15, 0.2) is 22.0 Å². The van der Waals surface area contributed by atoms with Gasteiger partial charge in [-0.3, -0.25) is 0 Å². The predicted molar refractivity (Wildman–Crippen MR) is 79.8 cm³/mol. The molecule has 0 radical (unpaired) electrons. The van der Waals surface area contributed by atoms with Gasteiger partial charge in [0.25, 0.3) is 0 Å². The van der Waals surface area contributed by atoms with Gasteiger partial charge >= 0.3 is 0 Å². The van der Waals surface area contributed by atoms with E-state index in [0.29, 0.717) is 11.7 Å². The minimum absolute atomic E-state index is 0.534. The first kappa shape index (κ1) is 13.5. The van der Waals surface area contributed by atoms with Crippen molar-refractivity contribution < 1.29 is 0 Å². The predicted octanol–water partition coefficient (Wildman–Crippen LogP) is 3.67. The van der Waals surface area contributed by atoms with Crippen LogP contribution in [0.3, 0.4) is 0 Å². The highest BCUT2D eigenvalue weighted by molar-refractivity contribution is 9.10. The Kier molecular flexibility index (Phi) is 4.35. The van der Waals surface area contributed by atoms with E-state index in [9.17, 15) is 0 Å². The third-order valence-corrected chi connectivity index (χ3v) is 4.25. The molecule has 2 N–H and O–H groups in total. The first-order valence-electron chi connectivity index (χ1n) is 5.89. The van der Waals surface area contributed by atoms with Crippen LogP contribution in [0, 0.1) is 5.92 Å². The highest BCUT2D eigenvalue weighted by atomic mass is 79.9. The molecule has 96 valence electrons. The number of rotatable bonds is 4. The van der Waals surface area contributed by atoms with Crippen molar-refractivity contribution in [2.75, 3.05) is 5.73 Å². The fraction of sp³-hybridized carbons (Fsp3) is 0.385. The molecule has 2 rings (SSSR count). The van der Waals surface area contributed by atoms with E-state index < -0.39 is 0 Å². The van der Waals surface area contributed by atoms with Crippen molar-refractivity contribution in [1.29, 1.82) is 0 Å². The van der Waals surface area contributed by atoms with Crippen molar-refractivity contribution in [2.45, 2.75) is 26.7 Å². The van der Waals surface area contributed by atoms with Crippen LogP contribution in [0.25, 0.3) is 0 Å². The number of nitrogens with two attached hydrogens (primary N) is 1. The summed E-state index contributed by atoms with van der Waals surface area (Å²) in [5, 5.41) is 2.06. The lowest BCUT2D eigenvalue weighted by atomic mass is 10.1. The van der Waals surface area contributed by atoms with Crippen LogP contribution in [0.5, 0.6) is 0 Å². The van der Waals surface area contributed by atoms with Gasteiger partial charge in [0.05, 0.1) is 10.2 Å². The number of aromatic nitrogens is 2. The molecule has 0 atom stereocenters. The molecule has 0 spiro atoms. The average molecular weight is 326 g/mol. The summed E-state index contributed by atoms with van der Waals surface area (Å²) in [7, 11) is 0. The van der Waals surface area contributed by atoms with Gasteiger partial charge in [0.1, 0.15) is 11.6 Å². The van der Waals surface area contributed by atoms with Crippen LogP contribution in [-0.2, 0) is 12.8 Å². The first-order valence-corrected chi connectivity index (χ1v) is 7.56. The number of halogens is 1. The van der Waals surface area contributed by atoms with Gasteiger partial charge < -0.3 is 5.73 Å². The standard InChI is InChI=1S/C13H16BrN3S/c1-8(2)6-10-12(14)13(15)17-11(16-10)7-9-4-3-5-18-9/h3-5,8H,6-7H2,1-2H3,(H2,15,16,17). The van der Waals surface area contributed by atoms with E-state index >= 15 is 0 Å². The summed E-state index contributed by atoms with van der Waals surface area (Å²) in [6.45, 7) is 4.34. The molecule has 0 amide bonds. The smallest absolute Gasteiger partial charge is 0.141 e. The highest BCUT2D eigenvalue weighted by Gasteiger charge is 2.12. The highest BCUT2D eigenvalue weighted by Crippen LogP contribution is 2.24. The molecule has 0 saturated carbocycles. The Bertz CT molecular complexity index is 523. The molecule has 0 unspecified atom stereocenters. The van der Waals surface area contributed by atoms with Crippen molar-refractivity contribution >= 4 is 33.1 Å². The zero-order chi connectivity index (χ0) is 13.1. The third kappa shape index (κ3) is 3.29. The molecular formula is C13H16BrN3S. The number of anilines is 1. The molecular weight excluding hydrogens is 310 g/mol. The second-order valence-electron chi connectivity index (χ2n) is 4.64. The van der Waals surface area contributed by atoms with Gasteiger partial charge in [0.2, 0.25) is 0 Å². The van der Waals surface area contributed by atoms with Crippen LogP contribution >= 0.6 is 27.3 Å². The van der Waals surface area contributed by atoms with Gasteiger partial charge in [-0.2, -0.15) is 0 Å². The summed E-state index contributed by atoms with van der Waals surface area (Å²) >= 11 is 5.19. The summed E-state index contributed by atoms with van der Waals surface area (Å²) in [6, 6.07) is 4.13. The summed E-state index contributed by atoms with van der Waals surface area (Å²) in [4.78, 5) is 10.2. The van der Waals surface area contributed by atoms with Crippen LogP contribution in [-0.4, -0.2) is 9.97 Å². The molecule has 2 aromatic heterocycles. The van der Waals surface area contributed by atoms with E-state index in [1.165, 1.54) is 4.88 Å². The Morgan fingerprint density at radius 2 is 2.17 bits per heavy atom. The van der Waals surface area contributed by atoms with Crippen molar-refractivity contribution in [3.63, 3.8) is 0 Å². The fourth-order valence-corrected chi connectivity index (χ4v) is 2.78. The maximum Gasteiger partial charge on any atom is 0.141 e. The van der Waals surface area contributed by atoms with Crippen molar-refractivity contribution in [2.24, 2.45) is 5.92 Å². The summed E-state index contributed by atoms with van der Waals surface area (Å²) in [6.07, 6.45) is 1.66. The van der Waals surface area contributed by atoms with Crippen LogP contribution in [0.1, 0.15) is 30.2 Å². The second kappa shape index (κ2) is 5.80. The summed E-state index contributed by atoms with van der Waals surface area (Å²) in [5.74, 6) is 1.88. The molecule has 0 fully saturated rings. The topological polar surface area (TPSA) is 51.8 Å². The monoisotopic (exact) mass is 325 g/mol. The Morgan fingerprint density at radius 1 is 1.39 bits per heavy atom. The van der Waals surface area contributed by atoms with E-state index in [1.807, 2.05) is 6.07 Å². The molecule has 3 nitrogen and oxygen atoms in total. The molecule has 0 aliphatic rings. The Balaban J connectivity index is 2.28. The molecule has 0 saturated heterocycles. The molecule has 0 aromatic carbocycles. The lowest BCUT2D eigenvalue weighted by Crippen LogP contribution is -2.07.